The molecule has 0 bridgehead atoms. The largest absolute Gasteiger partial charge is 0.389 e. The molecule has 6 heteroatoms. The first-order valence-electron chi connectivity index (χ1n) is 6.53. The van der Waals surface area contributed by atoms with Gasteiger partial charge in [-0.25, -0.2) is 0 Å². The Kier molecular flexibility index (Phi) is 5.69. The van der Waals surface area contributed by atoms with Gasteiger partial charge in [-0.05, 0) is 48.5 Å². The summed E-state index contributed by atoms with van der Waals surface area (Å²) in [6.07, 6.45) is 2.76. The summed E-state index contributed by atoms with van der Waals surface area (Å²) in [5.41, 5.74) is 6.91. The Hall–Kier alpha value is -0.780. The predicted molar refractivity (Wildman–Crippen MR) is 90.6 cm³/mol. The van der Waals surface area contributed by atoms with Crippen LogP contribution in [0.3, 0.4) is 0 Å². The molecule has 1 aliphatic heterocycles. The van der Waals surface area contributed by atoms with Crippen molar-refractivity contribution < 1.29 is 4.79 Å². The summed E-state index contributed by atoms with van der Waals surface area (Å²) in [5, 5.41) is 3.43. The number of rotatable bonds is 4. The van der Waals surface area contributed by atoms with Crippen molar-refractivity contribution in [3.8, 4) is 0 Å². The second kappa shape index (κ2) is 7.29. The van der Waals surface area contributed by atoms with Crippen LogP contribution in [0.1, 0.15) is 24.8 Å². The van der Waals surface area contributed by atoms with E-state index in [2.05, 4.69) is 5.32 Å². The highest BCUT2D eigenvalue weighted by Crippen LogP contribution is 2.26. The maximum atomic E-state index is 12.1. The average Bonchev–Trinajstić information content (AvgIpc) is 2.39. The first-order valence-corrected chi connectivity index (χ1v) is 8.47. The number of hydrogen-bond acceptors (Lipinski definition) is 3. The lowest BCUT2D eigenvalue weighted by Gasteiger charge is -2.21. The van der Waals surface area contributed by atoms with Gasteiger partial charge in [-0.3, -0.25) is 4.79 Å². The molecule has 0 aliphatic carbocycles. The number of benzene rings is 1. The number of halogens is 1. The summed E-state index contributed by atoms with van der Waals surface area (Å²) in [4.78, 5) is 12.4. The molecule has 0 unspecified atom stereocenters. The zero-order valence-electron chi connectivity index (χ0n) is 11.0. The van der Waals surface area contributed by atoms with Gasteiger partial charge in [0.05, 0.1) is 5.69 Å². The van der Waals surface area contributed by atoms with Crippen LogP contribution >= 0.6 is 35.6 Å². The van der Waals surface area contributed by atoms with Crippen molar-refractivity contribution in [3.05, 3.63) is 28.8 Å². The molecular weight excluding hydrogens is 312 g/mol. The summed E-state index contributed by atoms with van der Waals surface area (Å²) in [6.45, 7) is 0. The van der Waals surface area contributed by atoms with E-state index in [0.717, 1.165) is 24.3 Å². The maximum Gasteiger partial charge on any atom is 0.224 e. The van der Waals surface area contributed by atoms with E-state index in [-0.39, 0.29) is 10.9 Å². The van der Waals surface area contributed by atoms with Crippen molar-refractivity contribution in [2.24, 2.45) is 11.7 Å². The van der Waals surface area contributed by atoms with Crippen LogP contribution in [0.2, 0.25) is 5.02 Å². The third-order valence-electron chi connectivity index (χ3n) is 3.34. The molecule has 3 N–H and O–H groups in total. The van der Waals surface area contributed by atoms with Crippen LogP contribution in [0, 0.1) is 5.92 Å². The van der Waals surface area contributed by atoms with Gasteiger partial charge in [0.2, 0.25) is 5.91 Å². The fourth-order valence-corrected chi connectivity index (χ4v) is 3.80. The second-order valence-corrected chi connectivity index (χ2v) is 6.96. The van der Waals surface area contributed by atoms with Crippen molar-refractivity contribution in [3.63, 3.8) is 0 Å². The molecule has 1 aromatic carbocycles. The lowest BCUT2D eigenvalue weighted by molar-refractivity contribution is -0.117. The van der Waals surface area contributed by atoms with E-state index >= 15 is 0 Å². The predicted octanol–water partition coefficient (Wildman–Crippen LogP) is 3.45. The van der Waals surface area contributed by atoms with Gasteiger partial charge in [-0.2, -0.15) is 11.8 Å². The zero-order valence-corrected chi connectivity index (χ0v) is 13.4. The van der Waals surface area contributed by atoms with Gasteiger partial charge in [-0.15, -0.1) is 0 Å². The molecule has 108 valence electrons. The van der Waals surface area contributed by atoms with Gasteiger partial charge in [0, 0.05) is 17.0 Å². The van der Waals surface area contributed by atoms with Crippen LogP contribution in [0.15, 0.2) is 18.2 Å². The smallest absolute Gasteiger partial charge is 0.224 e. The first kappa shape index (κ1) is 15.6. The van der Waals surface area contributed by atoms with Crippen LogP contribution in [0.4, 0.5) is 5.69 Å². The number of nitrogens with one attached hydrogen (secondary N) is 1. The fourth-order valence-electron chi connectivity index (χ4n) is 2.25. The molecule has 0 saturated carbocycles. The molecule has 1 fully saturated rings. The van der Waals surface area contributed by atoms with Gasteiger partial charge in [0.25, 0.3) is 0 Å². The monoisotopic (exact) mass is 328 g/mol. The Morgan fingerprint density at radius 2 is 2.15 bits per heavy atom. The van der Waals surface area contributed by atoms with Crippen molar-refractivity contribution in [1.82, 2.24) is 0 Å². The van der Waals surface area contributed by atoms with Crippen LogP contribution in [-0.4, -0.2) is 22.4 Å². The molecule has 1 amide bonds. The number of nitrogens with two attached hydrogens (primary N) is 1. The van der Waals surface area contributed by atoms with Gasteiger partial charge in [-0.1, -0.05) is 23.8 Å². The van der Waals surface area contributed by atoms with E-state index in [1.54, 1.807) is 18.2 Å². The molecule has 0 aromatic heterocycles. The van der Waals surface area contributed by atoms with Crippen LogP contribution in [0.5, 0.6) is 0 Å². The molecular formula is C14H17ClN2OS2. The minimum atomic E-state index is 0.00154. The second-order valence-electron chi connectivity index (χ2n) is 4.86. The van der Waals surface area contributed by atoms with Gasteiger partial charge in [0.1, 0.15) is 4.99 Å². The standard InChI is InChI=1S/C14H17ClN2OS2/c15-10-1-2-11(14(16)19)12(8-10)17-13(18)7-9-3-5-20-6-4-9/h1-2,8-9H,3-7H2,(H2,16,19)(H,17,18). The Morgan fingerprint density at radius 1 is 1.45 bits per heavy atom. The van der Waals surface area contributed by atoms with E-state index in [1.807, 2.05) is 11.8 Å². The molecule has 0 atom stereocenters. The number of carbonyl (C=O) groups is 1. The number of thiocarbonyl (C=S) groups is 1. The van der Waals surface area contributed by atoms with Crippen LogP contribution < -0.4 is 11.1 Å². The maximum absolute atomic E-state index is 12.1. The fraction of sp³-hybridized carbons (Fsp3) is 0.429. The lowest BCUT2D eigenvalue weighted by Crippen LogP contribution is -2.21. The Balaban J connectivity index is 2.03. The Morgan fingerprint density at radius 3 is 2.80 bits per heavy atom. The SMILES string of the molecule is NC(=S)c1ccc(Cl)cc1NC(=O)CC1CCSCC1. The molecule has 1 aliphatic rings. The molecule has 0 spiro atoms. The molecule has 1 aromatic rings. The summed E-state index contributed by atoms with van der Waals surface area (Å²) >= 11 is 12.9. The van der Waals surface area contributed by atoms with E-state index in [1.165, 1.54) is 0 Å². The molecule has 20 heavy (non-hydrogen) atoms. The molecule has 1 heterocycles. The summed E-state index contributed by atoms with van der Waals surface area (Å²) in [6, 6.07) is 5.13. The summed E-state index contributed by atoms with van der Waals surface area (Å²) in [5.74, 6) is 2.77. The Labute approximate surface area is 133 Å². The highest BCUT2D eigenvalue weighted by atomic mass is 35.5. The molecule has 0 radical (unpaired) electrons. The normalized spacial score (nSPS) is 15.8. The third-order valence-corrected chi connectivity index (χ3v) is 4.84. The highest BCUT2D eigenvalue weighted by Gasteiger charge is 2.18. The van der Waals surface area contributed by atoms with E-state index in [0.29, 0.717) is 28.6 Å². The quantitative estimate of drug-likeness (QED) is 0.831. The number of anilines is 1. The van der Waals surface area contributed by atoms with Crippen molar-refractivity contribution >= 4 is 52.2 Å². The number of amides is 1. The van der Waals surface area contributed by atoms with Crippen LogP contribution in [0.25, 0.3) is 0 Å². The summed E-state index contributed by atoms with van der Waals surface area (Å²) < 4.78 is 0. The van der Waals surface area contributed by atoms with E-state index in [4.69, 9.17) is 29.6 Å². The minimum absolute atomic E-state index is 0.00154. The number of carbonyl (C=O) groups excluding carboxylic acids is 1. The average molecular weight is 329 g/mol. The van der Waals surface area contributed by atoms with Crippen molar-refractivity contribution in [2.45, 2.75) is 19.3 Å². The minimum Gasteiger partial charge on any atom is -0.389 e. The van der Waals surface area contributed by atoms with E-state index in [9.17, 15) is 4.79 Å². The van der Waals surface area contributed by atoms with Crippen molar-refractivity contribution in [1.29, 1.82) is 0 Å². The zero-order chi connectivity index (χ0) is 14.5. The molecule has 2 rings (SSSR count). The molecule has 3 nitrogen and oxygen atoms in total. The van der Waals surface area contributed by atoms with Gasteiger partial charge >= 0.3 is 0 Å². The van der Waals surface area contributed by atoms with Crippen LogP contribution in [-0.2, 0) is 4.79 Å². The topological polar surface area (TPSA) is 55.1 Å². The first-order chi connectivity index (χ1) is 9.56. The Bertz CT molecular complexity index is 516. The lowest BCUT2D eigenvalue weighted by atomic mass is 9.98. The third kappa shape index (κ3) is 4.36. The summed E-state index contributed by atoms with van der Waals surface area (Å²) in [7, 11) is 0. The highest BCUT2D eigenvalue weighted by molar-refractivity contribution is 7.99. The van der Waals surface area contributed by atoms with E-state index < -0.39 is 0 Å². The number of thioether (sulfide) groups is 1. The van der Waals surface area contributed by atoms with Gasteiger partial charge in [0.15, 0.2) is 0 Å². The number of hydrogen-bond donors (Lipinski definition) is 2. The van der Waals surface area contributed by atoms with Gasteiger partial charge < -0.3 is 11.1 Å². The molecule has 1 saturated heterocycles. The van der Waals surface area contributed by atoms with Crippen molar-refractivity contribution in [2.75, 3.05) is 16.8 Å².